The van der Waals surface area contributed by atoms with E-state index in [1.807, 2.05) is 12.1 Å². The highest BCUT2D eigenvalue weighted by Crippen LogP contribution is 2.33. The van der Waals surface area contributed by atoms with Crippen LogP contribution in [0.1, 0.15) is 116 Å². The van der Waals surface area contributed by atoms with Gasteiger partial charge in [0.1, 0.15) is 5.75 Å². The van der Waals surface area contributed by atoms with E-state index in [0.29, 0.717) is 5.75 Å². The number of rotatable bonds is 14. The largest absolute Gasteiger partial charge is 0.425 e. The second kappa shape index (κ2) is 14.6. The van der Waals surface area contributed by atoms with Gasteiger partial charge in [-0.25, -0.2) is 0 Å². The van der Waals surface area contributed by atoms with Crippen LogP contribution in [0.25, 0.3) is 0 Å². The van der Waals surface area contributed by atoms with Crippen LogP contribution in [0, 0.1) is 11.8 Å². The summed E-state index contributed by atoms with van der Waals surface area (Å²) in [4.78, 5) is 16.9. The number of carbonyl (C=O) groups is 1. The zero-order chi connectivity index (χ0) is 20.7. The van der Waals surface area contributed by atoms with E-state index < -0.39 is 0 Å². The summed E-state index contributed by atoms with van der Waals surface area (Å²) in [5, 5.41) is 0. The fourth-order valence-corrected chi connectivity index (χ4v) is 4.43. The molecule has 2 rings (SSSR count). The molecule has 0 aliphatic heterocycles. The second-order valence-electron chi connectivity index (χ2n) is 8.99. The number of carbonyl (C=O) groups excluding carboxylic acids is 1. The molecule has 0 unspecified atom stereocenters. The Hall–Kier alpha value is -1.38. The Labute approximate surface area is 179 Å². The Kier molecular flexibility index (Phi) is 12.0. The van der Waals surface area contributed by atoms with Crippen molar-refractivity contribution in [2.24, 2.45) is 11.8 Å². The Morgan fingerprint density at radius 2 is 1.55 bits per heavy atom. The van der Waals surface area contributed by atoms with Gasteiger partial charge in [-0.15, -0.1) is 0 Å². The summed E-state index contributed by atoms with van der Waals surface area (Å²) in [5.41, 5.74) is 1.08. The lowest BCUT2D eigenvalue weighted by Gasteiger charge is -2.27. The number of hydrogen-bond donors (Lipinski definition) is 0. The number of aryl methyl sites for hydroxylation is 1. The average molecular weight is 402 g/mol. The molecular formula is C26H43NO2. The van der Waals surface area contributed by atoms with Crippen LogP contribution < -0.4 is 4.74 Å². The molecule has 1 aliphatic carbocycles. The molecule has 0 radical (unpaired) electrons. The number of unbranched alkanes of at least 4 members (excludes halogenated alkanes) is 8. The van der Waals surface area contributed by atoms with Crippen LogP contribution >= 0.6 is 0 Å². The van der Waals surface area contributed by atoms with Gasteiger partial charge in [0.25, 0.3) is 0 Å². The summed E-state index contributed by atoms with van der Waals surface area (Å²) in [5.74, 6) is 1.43. The molecule has 1 aliphatic rings. The Morgan fingerprint density at radius 1 is 0.897 bits per heavy atom. The molecule has 1 heterocycles. The lowest BCUT2D eigenvalue weighted by molar-refractivity contribution is -0.140. The third-order valence-corrected chi connectivity index (χ3v) is 6.45. The molecule has 0 amide bonds. The topological polar surface area (TPSA) is 39.2 Å². The fourth-order valence-electron chi connectivity index (χ4n) is 4.43. The molecule has 0 atom stereocenters. The van der Waals surface area contributed by atoms with Gasteiger partial charge in [0.15, 0.2) is 0 Å². The number of hydrogen-bond acceptors (Lipinski definition) is 3. The first-order valence-electron chi connectivity index (χ1n) is 12.4. The van der Waals surface area contributed by atoms with Gasteiger partial charge >= 0.3 is 5.97 Å². The molecular weight excluding hydrogens is 358 g/mol. The molecule has 1 aromatic heterocycles. The standard InChI is InChI=1S/C26H43NO2/c1-3-5-7-8-9-10-11-12-13-22-15-17-23(18-16-22)26(28)29-25-20-19-24(27-21-25)14-6-4-2/h19-23H,3-18H2,1-2H3. The molecule has 3 heteroatoms. The predicted molar refractivity (Wildman–Crippen MR) is 121 cm³/mol. The zero-order valence-corrected chi connectivity index (χ0v) is 19.0. The van der Waals surface area contributed by atoms with E-state index in [2.05, 4.69) is 18.8 Å². The molecule has 0 spiro atoms. The van der Waals surface area contributed by atoms with Crippen LogP contribution in [0.3, 0.4) is 0 Å². The summed E-state index contributed by atoms with van der Waals surface area (Å²) in [6.45, 7) is 4.46. The average Bonchev–Trinajstić information content (AvgIpc) is 2.75. The van der Waals surface area contributed by atoms with Gasteiger partial charge in [-0.2, -0.15) is 0 Å². The van der Waals surface area contributed by atoms with Gasteiger partial charge in [-0.3, -0.25) is 9.78 Å². The summed E-state index contributed by atoms with van der Waals surface area (Å²) in [6, 6.07) is 3.88. The molecule has 3 nitrogen and oxygen atoms in total. The smallest absolute Gasteiger partial charge is 0.314 e. The van der Waals surface area contributed by atoms with Crippen molar-refractivity contribution in [2.75, 3.05) is 0 Å². The van der Waals surface area contributed by atoms with Gasteiger partial charge in [0.2, 0.25) is 0 Å². The molecule has 164 valence electrons. The van der Waals surface area contributed by atoms with E-state index in [1.54, 1.807) is 6.20 Å². The summed E-state index contributed by atoms with van der Waals surface area (Å²) >= 11 is 0. The summed E-state index contributed by atoms with van der Waals surface area (Å²) < 4.78 is 5.60. The van der Waals surface area contributed by atoms with E-state index in [9.17, 15) is 4.79 Å². The molecule has 1 aromatic rings. The van der Waals surface area contributed by atoms with Crippen LogP contribution in [-0.2, 0) is 11.2 Å². The van der Waals surface area contributed by atoms with Crippen molar-refractivity contribution in [1.82, 2.24) is 4.98 Å². The van der Waals surface area contributed by atoms with Crippen molar-refractivity contribution in [3.05, 3.63) is 24.0 Å². The Bertz CT molecular complexity index is 546. The van der Waals surface area contributed by atoms with Gasteiger partial charge in [-0.05, 0) is 56.6 Å². The van der Waals surface area contributed by atoms with Crippen LogP contribution in [0.15, 0.2) is 18.3 Å². The van der Waals surface area contributed by atoms with Crippen LogP contribution in [-0.4, -0.2) is 11.0 Å². The number of esters is 1. The van der Waals surface area contributed by atoms with Crippen molar-refractivity contribution in [1.29, 1.82) is 0 Å². The molecule has 0 saturated heterocycles. The minimum atomic E-state index is -0.0568. The van der Waals surface area contributed by atoms with Crippen molar-refractivity contribution in [3.8, 4) is 5.75 Å². The number of ether oxygens (including phenoxy) is 1. The van der Waals surface area contributed by atoms with Gasteiger partial charge in [0, 0.05) is 5.69 Å². The van der Waals surface area contributed by atoms with Crippen molar-refractivity contribution >= 4 is 5.97 Å². The molecule has 0 aromatic carbocycles. The lowest BCUT2D eigenvalue weighted by atomic mass is 9.80. The van der Waals surface area contributed by atoms with Gasteiger partial charge in [0.05, 0.1) is 12.1 Å². The number of pyridine rings is 1. The zero-order valence-electron chi connectivity index (χ0n) is 19.0. The maximum atomic E-state index is 12.5. The van der Waals surface area contributed by atoms with Gasteiger partial charge in [-0.1, -0.05) is 78.1 Å². The monoisotopic (exact) mass is 401 g/mol. The summed E-state index contributed by atoms with van der Waals surface area (Å²) in [6.07, 6.45) is 21.8. The summed E-state index contributed by atoms with van der Waals surface area (Å²) in [7, 11) is 0. The normalized spacial score (nSPS) is 19.2. The number of nitrogens with zero attached hydrogens (tertiary/aromatic N) is 1. The van der Waals surface area contributed by atoms with Crippen molar-refractivity contribution < 1.29 is 9.53 Å². The first-order chi connectivity index (χ1) is 14.2. The van der Waals surface area contributed by atoms with E-state index in [-0.39, 0.29) is 11.9 Å². The quantitative estimate of drug-likeness (QED) is 0.237. The SMILES string of the molecule is CCCCCCCCCCC1CCC(C(=O)Oc2ccc(CCCC)nc2)CC1. The third kappa shape index (κ3) is 9.78. The molecule has 1 saturated carbocycles. The maximum Gasteiger partial charge on any atom is 0.314 e. The maximum absolute atomic E-state index is 12.5. The predicted octanol–water partition coefficient (Wildman–Crippen LogP) is 7.67. The van der Waals surface area contributed by atoms with E-state index in [0.717, 1.165) is 37.3 Å². The minimum Gasteiger partial charge on any atom is -0.425 e. The fraction of sp³-hybridized carbons (Fsp3) is 0.769. The van der Waals surface area contributed by atoms with Crippen molar-refractivity contribution in [2.45, 2.75) is 117 Å². The molecule has 0 bridgehead atoms. The third-order valence-electron chi connectivity index (χ3n) is 6.45. The number of aromatic nitrogens is 1. The van der Waals surface area contributed by atoms with E-state index in [4.69, 9.17) is 4.74 Å². The first kappa shape index (κ1) is 23.9. The molecule has 1 fully saturated rings. The first-order valence-corrected chi connectivity index (χ1v) is 12.4. The minimum absolute atomic E-state index is 0.0568. The van der Waals surface area contributed by atoms with Crippen LogP contribution in [0.5, 0.6) is 5.75 Å². The van der Waals surface area contributed by atoms with E-state index in [1.165, 1.54) is 77.0 Å². The Balaban J connectivity index is 1.57. The second-order valence-corrected chi connectivity index (χ2v) is 8.99. The van der Waals surface area contributed by atoms with Crippen LogP contribution in [0.4, 0.5) is 0 Å². The Morgan fingerprint density at radius 3 is 2.17 bits per heavy atom. The molecule has 0 N–H and O–H groups in total. The lowest BCUT2D eigenvalue weighted by Crippen LogP contribution is -2.25. The highest BCUT2D eigenvalue weighted by Gasteiger charge is 2.27. The molecule has 29 heavy (non-hydrogen) atoms. The van der Waals surface area contributed by atoms with Crippen LogP contribution in [0.2, 0.25) is 0 Å². The van der Waals surface area contributed by atoms with E-state index >= 15 is 0 Å². The highest BCUT2D eigenvalue weighted by molar-refractivity contribution is 5.75. The highest BCUT2D eigenvalue weighted by atomic mass is 16.5. The van der Waals surface area contributed by atoms with Gasteiger partial charge < -0.3 is 4.74 Å². The van der Waals surface area contributed by atoms with Crippen molar-refractivity contribution in [3.63, 3.8) is 0 Å².